The molecule has 0 bridgehead atoms. The number of hydrogen-bond acceptors (Lipinski definition) is 4. The molecule has 1 saturated carbocycles. The Labute approximate surface area is 169 Å². The summed E-state index contributed by atoms with van der Waals surface area (Å²) in [7, 11) is -3.66. The van der Waals surface area contributed by atoms with Crippen molar-refractivity contribution in [2.75, 3.05) is 11.9 Å². The summed E-state index contributed by atoms with van der Waals surface area (Å²) in [5.74, 6) is 0.0288. The van der Waals surface area contributed by atoms with Crippen molar-refractivity contribution in [2.24, 2.45) is 5.92 Å². The Hall–Kier alpha value is -2.97. The molecule has 1 aliphatic heterocycles. The fraction of sp³-hybridized carbons (Fsp3) is 0.238. The summed E-state index contributed by atoms with van der Waals surface area (Å²) in [5, 5.41) is 2.84. The third-order valence-electron chi connectivity index (χ3n) is 5.34. The molecule has 2 aliphatic rings. The van der Waals surface area contributed by atoms with Crippen molar-refractivity contribution in [3.8, 4) is 5.69 Å². The van der Waals surface area contributed by atoms with Gasteiger partial charge in [0.1, 0.15) is 11.2 Å². The molecule has 1 amide bonds. The minimum absolute atomic E-state index is 0.116. The highest BCUT2D eigenvalue weighted by molar-refractivity contribution is 7.89. The first-order chi connectivity index (χ1) is 14.0. The van der Waals surface area contributed by atoms with E-state index in [-0.39, 0.29) is 23.0 Å². The number of carbonyl (C=O) groups is 1. The summed E-state index contributed by atoms with van der Waals surface area (Å²) in [6.07, 6.45) is 3.60. The van der Waals surface area contributed by atoms with Crippen LogP contribution in [0.4, 0.5) is 5.69 Å². The molecule has 3 aromatic rings. The zero-order valence-corrected chi connectivity index (χ0v) is 16.5. The predicted molar refractivity (Wildman–Crippen MR) is 108 cm³/mol. The van der Waals surface area contributed by atoms with Gasteiger partial charge in [-0.25, -0.2) is 13.4 Å². The van der Waals surface area contributed by atoms with Crippen molar-refractivity contribution < 1.29 is 13.2 Å². The van der Waals surface area contributed by atoms with Gasteiger partial charge in [0.05, 0.1) is 17.9 Å². The summed E-state index contributed by atoms with van der Waals surface area (Å²) in [4.78, 5) is 17.5. The van der Waals surface area contributed by atoms with E-state index < -0.39 is 10.0 Å². The summed E-state index contributed by atoms with van der Waals surface area (Å²) >= 11 is 0. The summed E-state index contributed by atoms with van der Waals surface area (Å²) in [6, 6.07) is 16.0. The van der Waals surface area contributed by atoms with Crippen LogP contribution in [-0.2, 0) is 16.6 Å². The van der Waals surface area contributed by atoms with Crippen LogP contribution in [0.25, 0.3) is 5.69 Å². The van der Waals surface area contributed by atoms with E-state index in [2.05, 4.69) is 10.3 Å². The smallest absolute Gasteiger partial charge is 0.276 e. The van der Waals surface area contributed by atoms with Crippen molar-refractivity contribution in [1.82, 2.24) is 13.9 Å². The Morgan fingerprint density at radius 3 is 2.55 bits per heavy atom. The quantitative estimate of drug-likeness (QED) is 0.719. The average molecular weight is 408 g/mol. The largest absolute Gasteiger partial charge is 0.321 e. The maximum atomic E-state index is 13.3. The number of amides is 1. The lowest BCUT2D eigenvalue weighted by atomic mass is 10.2. The van der Waals surface area contributed by atoms with Gasteiger partial charge in [-0.05, 0) is 43.0 Å². The number of imidazole rings is 1. The molecular formula is C21H20N4O3S. The Bertz CT molecular complexity index is 1180. The van der Waals surface area contributed by atoms with Gasteiger partial charge in [-0.15, -0.1) is 0 Å². The molecule has 8 heteroatoms. The number of aromatic nitrogens is 2. The molecule has 0 saturated heterocycles. The number of fused-ring (bicyclic) bond motifs is 3. The second-order valence-corrected chi connectivity index (χ2v) is 9.35. The monoisotopic (exact) mass is 408 g/mol. The van der Waals surface area contributed by atoms with Gasteiger partial charge < -0.3 is 5.32 Å². The third-order valence-corrected chi connectivity index (χ3v) is 7.20. The first kappa shape index (κ1) is 18.1. The van der Waals surface area contributed by atoms with Crippen LogP contribution in [-0.4, -0.2) is 34.7 Å². The molecule has 0 radical (unpaired) electrons. The van der Waals surface area contributed by atoms with Gasteiger partial charge in [-0.1, -0.05) is 30.3 Å². The Morgan fingerprint density at radius 1 is 1.07 bits per heavy atom. The SMILES string of the molecule is O=C(Nc1ccccc1)c1ncn2c1CN(CC1CC1)S(=O)(=O)c1ccccc1-2. The van der Waals surface area contributed by atoms with Gasteiger partial charge in [0.15, 0.2) is 5.69 Å². The van der Waals surface area contributed by atoms with Crippen molar-refractivity contribution in [1.29, 1.82) is 0 Å². The van der Waals surface area contributed by atoms with Gasteiger partial charge in [-0.3, -0.25) is 9.36 Å². The molecule has 0 atom stereocenters. The topological polar surface area (TPSA) is 84.3 Å². The first-order valence-corrected chi connectivity index (χ1v) is 11.0. The fourth-order valence-electron chi connectivity index (χ4n) is 3.65. The molecule has 2 heterocycles. The summed E-state index contributed by atoms with van der Waals surface area (Å²) in [6.45, 7) is 0.576. The normalized spacial score (nSPS) is 17.8. The van der Waals surface area contributed by atoms with Crippen LogP contribution in [0.15, 0.2) is 65.8 Å². The summed E-state index contributed by atoms with van der Waals surface area (Å²) in [5.41, 5.74) is 2.00. The van der Waals surface area contributed by atoms with Crippen LogP contribution in [0.2, 0.25) is 0 Å². The number of nitrogens with one attached hydrogen (secondary N) is 1. The van der Waals surface area contributed by atoms with Crippen LogP contribution in [0.3, 0.4) is 0 Å². The third kappa shape index (κ3) is 3.24. The van der Waals surface area contributed by atoms with E-state index in [1.54, 1.807) is 41.0 Å². The molecule has 0 unspecified atom stereocenters. The van der Waals surface area contributed by atoms with Crippen molar-refractivity contribution in [3.05, 3.63) is 72.3 Å². The predicted octanol–water partition coefficient (Wildman–Crippen LogP) is 3.04. The van der Waals surface area contributed by atoms with Crippen LogP contribution >= 0.6 is 0 Å². The number of hydrogen-bond donors (Lipinski definition) is 1. The zero-order valence-electron chi connectivity index (χ0n) is 15.7. The van der Waals surface area contributed by atoms with Crippen LogP contribution in [0, 0.1) is 5.92 Å². The van der Waals surface area contributed by atoms with Gasteiger partial charge in [0.2, 0.25) is 10.0 Å². The number of nitrogens with zero attached hydrogens (tertiary/aromatic N) is 3. The molecule has 1 aliphatic carbocycles. The van der Waals surface area contributed by atoms with Gasteiger partial charge in [-0.2, -0.15) is 4.31 Å². The van der Waals surface area contributed by atoms with E-state index in [1.807, 2.05) is 18.2 Å². The molecule has 7 nitrogen and oxygen atoms in total. The number of rotatable bonds is 4. The molecule has 2 aromatic carbocycles. The van der Waals surface area contributed by atoms with Crippen LogP contribution < -0.4 is 5.32 Å². The number of para-hydroxylation sites is 2. The molecule has 1 fully saturated rings. The summed E-state index contributed by atoms with van der Waals surface area (Å²) < 4.78 is 29.8. The Balaban J connectivity index is 1.59. The highest BCUT2D eigenvalue weighted by atomic mass is 32.2. The Kier molecular flexibility index (Phi) is 4.25. The second-order valence-electron chi connectivity index (χ2n) is 7.44. The minimum atomic E-state index is -3.66. The van der Waals surface area contributed by atoms with Crippen LogP contribution in [0.5, 0.6) is 0 Å². The van der Waals surface area contributed by atoms with E-state index in [4.69, 9.17) is 0 Å². The highest BCUT2D eigenvalue weighted by Crippen LogP contribution is 2.36. The lowest BCUT2D eigenvalue weighted by Gasteiger charge is -2.20. The molecular weight excluding hydrogens is 388 g/mol. The van der Waals surface area contributed by atoms with E-state index in [9.17, 15) is 13.2 Å². The van der Waals surface area contributed by atoms with Gasteiger partial charge in [0.25, 0.3) is 5.91 Å². The number of benzene rings is 2. The van der Waals surface area contributed by atoms with E-state index in [0.29, 0.717) is 29.5 Å². The zero-order chi connectivity index (χ0) is 20.0. The standard InChI is InChI=1S/C21H20N4O3S/c26-21(23-16-6-2-1-3-7-16)20-18-13-24(12-15-10-11-15)29(27,28)19-9-5-4-8-17(19)25(18)14-22-20/h1-9,14-15H,10-13H2,(H,23,26). The Morgan fingerprint density at radius 2 is 1.79 bits per heavy atom. The van der Waals surface area contributed by atoms with E-state index in [0.717, 1.165) is 12.8 Å². The molecule has 1 aromatic heterocycles. The molecule has 5 rings (SSSR count). The maximum Gasteiger partial charge on any atom is 0.276 e. The fourth-order valence-corrected chi connectivity index (χ4v) is 5.31. The second kappa shape index (κ2) is 6.82. The lowest BCUT2D eigenvalue weighted by molar-refractivity contribution is 0.102. The van der Waals surface area contributed by atoms with Gasteiger partial charge >= 0.3 is 0 Å². The van der Waals surface area contributed by atoms with E-state index >= 15 is 0 Å². The number of sulfonamides is 1. The maximum absolute atomic E-state index is 13.3. The van der Waals surface area contributed by atoms with E-state index in [1.165, 1.54) is 10.6 Å². The highest BCUT2D eigenvalue weighted by Gasteiger charge is 2.37. The molecule has 148 valence electrons. The van der Waals surface area contributed by atoms with Crippen molar-refractivity contribution >= 4 is 21.6 Å². The first-order valence-electron chi connectivity index (χ1n) is 9.56. The number of anilines is 1. The molecule has 29 heavy (non-hydrogen) atoms. The average Bonchev–Trinajstić information content (AvgIpc) is 3.46. The minimum Gasteiger partial charge on any atom is -0.321 e. The van der Waals surface area contributed by atoms with Gasteiger partial charge in [0, 0.05) is 12.2 Å². The van der Waals surface area contributed by atoms with Crippen LogP contribution in [0.1, 0.15) is 29.0 Å². The van der Waals surface area contributed by atoms with Crippen molar-refractivity contribution in [2.45, 2.75) is 24.3 Å². The molecule has 0 spiro atoms. The lowest BCUT2D eigenvalue weighted by Crippen LogP contribution is -2.32. The van der Waals surface area contributed by atoms with Crippen molar-refractivity contribution in [3.63, 3.8) is 0 Å². The number of carbonyl (C=O) groups excluding carboxylic acids is 1. The molecule has 1 N–H and O–H groups in total.